The zero-order chi connectivity index (χ0) is 16.2. The van der Waals surface area contributed by atoms with Crippen LogP contribution in [0.2, 0.25) is 0 Å². The topological polar surface area (TPSA) is 65.7 Å². The number of carbonyl (C=O) groups excluding carboxylic acids is 1. The summed E-state index contributed by atoms with van der Waals surface area (Å²) in [5, 5.41) is 12.0. The summed E-state index contributed by atoms with van der Waals surface area (Å²) in [5.74, 6) is -0.402. The van der Waals surface area contributed by atoms with Crippen LogP contribution >= 0.6 is 0 Å². The van der Waals surface area contributed by atoms with E-state index in [2.05, 4.69) is 5.32 Å². The number of hydrogen-bond acceptors (Lipinski definition) is 4. The lowest BCUT2D eigenvalue weighted by Crippen LogP contribution is -2.30. The van der Waals surface area contributed by atoms with Gasteiger partial charge in [-0.1, -0.05) is 0 Å². The maximum Gasteiger partial charge on any atom is 0.252 e. The lowest BCUT2D eigenvalue weighted by atomic mass is 10.1. The summed E-state index contributed by atoms with van der Waals surface area (Å²) >= 11 is 0. The van der Waals surface area contributed by atoms with Crippen LogP contribution in [0.5, 0.6) is 0 Å². The highest BCUT2D eigenvalue weighted by Gasteiger charge is 2.20. The predicted molar refractivity (Wildman–Crippen MR) is 83.8 cm³/mol. The first-order valence-electron chi connectivity index (χ1n) is 7.68. The Hall–Kier alpha value is -2.34. The zero-order valence-electron chi connectivity index (χ0n) is 12.7. The van der Waals surface area contributed by atoms with Gasteiger partial charge in [0, 0.05) is 18.7 Å². The maximum atomic E-state index is 14.3. The molecule has 3 rings (SSSR count). The number of benzene rings is 1. The van der Waals surface area contributed by atoms with Crippen LogP contribution in [-0.4, -0.2) is 30.7 Å². The van der Waals surface area contributed by atoms with Gasteiger partial charge >= 0.3 is 0 Å². The standard InChI is InChI=1S/C17H19FN2O3/c18-13-10-12(5-6-15(13)20-7-1-2-8-20)17(22)19-14(11-21)16-4-3-9-23-16/h3-6,9-10,14,21H,1-2,7-8,11H2,(H,19,22). The minimum absolute atomic E-state index is 0.218. The van der Waals surface area contributed by atoms with Crippen LogP contribution in [0.4, 0.5) is 10.1 Å². The fourth-order valence-electron chi connectivity index (χ4n) is 2.80. The van der Waals surface area contributed by atoms with E-state index in [9.17, 15) is 14.3 Å². The summed E-state index contributed by atoms with van der Waals surface area (Å²) in [7, 11) is 0. The molecule has 0 bridgehead atoms. The van der Waals surface area contributed by atoms with E-state index in [-0.39, 0.29) is 12.2 Å². The Labute approximate surface area is 133 Å². The van der Waals surface area contributed by atoms with Crippen molar-refractivity contribution in [3.63, 3.8) is 0 Å². The summed E-state index contributed by atoms with van der Waals surface area (Å²) in [5.41, 5.74) is 0.749. The smallest absolute Gasteiger partial charge is 0.252 e. The van der Waals surface area contributed by atoms with E-state index in [4.69, 9.17) is 4.42 Å². The Morgan fingerprint density at radius 2 is 2.13 bits per heavy atom. The van der Waals surface area contributed by atoms with Gasteiger partial charge in [-0.05, 0) is 43.2 Å². The molecule has 0 radical (unpaired) electrons. The fraction of sp³-hybridized carbons (Fsp3) is 0.353. The van der Waals surface area contributed by atoms with Crippen LogP contribution in [0.3, 0.4) is 0 Å². The second-order valence-electron chi connectivity index (χ2n) is 5.58. The second-order valence-corrected chi connectivity index (χ2v) is 5.58. The predicted octanol–water partition coefficient (Wildman–Crippen LogP) is 2.48. The van der Waals surface area contributed by atoms with E-state index < -0.39 is 17.8 Å². The largest absolute Gasteiger partial charge is 0.467 e. The molecule has 1 saturated heterocycles. The molecule has 1 unspecified atom stereocenters. The normalized spacial score (nSPS) is 15.7. The van der Waals surface area contributed by atoms with Crippen LogP contribution < -0.4 is 10.2 Å². The summed E-state index contributed by atoms with van der Waals surface area (Å²) in [6, 6.07) is 7.16. The summed E-state index contributed by atoms with van der Waals surface area (Å²) in [6.07, 6.45) is 3.58. The van der Waals surface area contributed by atoms with E-state index in [0.717, 1.165) is 25.9 Å². The van der Waals surface area contributed by atoms with Crippen LogP contribution in [-0.2, 0) is 0 Å². The van der Waals surface area contributed by atoms with Crippen LogP contribution in [0.15, 0.2) is 41.0 Å². The second kappa shape index (κ2) is 6.83. The Morgan fingerprint density at radius 3 is 2.74 bits per heavy atom. The van der Waals surface area contributed by atoms with E-state index >= 15 is 0 Å². The molecule has 2 aromatic rings. The molecule has 2 heterocycles. The highest BCUT2D eigenvalue weighted by Crippen LogP contribution is 2.24. The molecule has 0 saturated carbocycles. The van der Waals surface area contributed by atoms with Gasteiger partial charge in [0.25, 0.3) is 5.91 Å². The van der Waals surface area contributed by atoms with Crippen molar-refractivity contribution in [3.8, 4) is 0 Å². The highest BCUT2D eigenvalue weighted by atomic mass is 19.1. The van der Waals surface area contributed by atoms with Crippen molar-refractivity contribution in [2.24, 2.45) is 0 Å². The number of amides is 1. The summed E-state index contributed by atoms with van der Waals surface area (Å²) < 4.78 is 19.4. The molecular weight excluding hydrogens is 299 g/mol. The molecule has 2 N–H and O–H groups in total. The highest BCUT2D eigenvalue weighted by molar-refractivity contribution is 5.94. The quantitative estimate of drug-likeness (QED) is 0.889. The molecule has 23 heavy (non-hydrogen) atoms. The van der Waals surface area contributed by atoms with Gasteiger partial charge in [-0.15, -0.1) is 0 Å². The number of carbonyl (C=O) groups is 1. The molecule has 1 aromatic heterocycles. The van der Waals surface area contributed by atoms with E-state index in [1.807, 2.05) is 4.90 Å². The van der Waals surface area contributed by atoms with Crippen molar-refractivity contribution < 1.29 is 18.7 Å². The monoisotopic (exact) mass is 318 g/mol. The van der Waals surface area contributed by atoms with Crippen LogP contribution in [0, 0.1) is 5.82 Å². The Bertz CT molecular complexity index is 666. The zero-order valence-corrected chi connectivity index (χ0v) is 12.7. The summed E-state index contributed by atoms with van der Waals surface area (Å²) in [6.45, 7) is 1.38. The number of aliphatic hydroxyl groups excluding tert-OH is 1. The summed E-state index contributed by atoms with van der Waals surface area (Å²) in [4.78, 5) is 14.2. The molecular formula is C17H19FN2O3. The average molecular weight is 318 g/mol. The third-order valence-corrected chi connectivity index (χ3v) is 4.03. The third kappa shape index (κ3) is 3.37. The van der Waals surface area contributed by atoms with Crippen molar-refractivity contribution in [1.29, 1.82) is 0 Å². The number of furan rings is 1. The molecule has 122 valence electrons. The van der Waals surface area contributed by atoms with Gasteiger partial charge in [-0.25, -0.2) is 4.39 Å². The van der Waals surface area contributed by atoms with Gasteiger partial charge in [0.2, 0.25) is 0 Å². The number of anilines is 1. The number of rotatable bonds is 5. The van der Waals surface area contributed by atoms with Crippen molar-refractivity contribution in [2.45, 2.75) is 18.9 Å². The van der Waals surface area contributed by atoms with Gasteiger partial charge in [0.1, 0.15) is 17.6 Å². The van der Waals surface area contributed by atoms with E-state index in [1.165, 1.54) is 12.3 Å². The first kappa shape index (κ1) is 15.6. The molecule has 5 nitrogen and oxygen atoms in total. The van der Waals surface area contributed by atoms with Gasteiger partial charge in [-0.3, -0.25) is 4.79 Å². The van der Waals surface area contributed by atoms with E-state index in [0.29, 0.717) is 11.4 Å². The lowest BCUT2D eigenvalue weighted by molar-refractivity contribution is 0.0907. The molecule has 1 atom stereocenters. The minimum atomic E-state index is -0.654. The van der Waals surface area contributed by atoms with E-state index in [1.54, 1.807) is 24.3 Å². The maximum absolute atomic E-state index is 14.3. The molecule has 1 amide bonds. The molecule has 1 aliphatic heterocycles. The number of aliphatic hydroxyl groups is 1. The first-order valence-corrected chi connectivity index (χ1v) is 7.68. The average Bonchev–Trinajstić information content (AvgIpc) is 3.25. The van der Waals surface area contributed by atoms with Crippen molar-refractivity contribution in [3.05, 3.63) is 53.7 Å². The Morgan fingerprint density at radius 1 is 1.35 bits per heavy atom. The minimum Gasteiger partial charge on any atom is -0.467 e. The third-order valence-electron chi connectivity index (χ3n) is 4.03. The molecule has 1 aromatic carbocycles. The number of hydrogen-bond donors (Lipinski definition) is 2. The lowest BCUT2D eigenvalue weighted by Gasteiger charge is -2.19. The van der Waals surface area contributed by atoms with Crippen molar-refractivity contribution in [2.75, 3.05) is 24.6 Å². The van der Waals surface area contributed by atoms with Crippen molar-refractivity contribution in [1.82, 2.24) is 5.32 Å². The SMILES string of the molecule is O=C(NC(CO)c1ccco1)c1ccc(N2CCCC2)c(F)c1. The Kier molecular flexibility index (Phi) is 4.62. The molecule has 1 fully saturated rings. The first-order chi connectivity index (χ1) is 11.2. The number of nitrogens with one attached hydrogen (secondary N) is 1. The van der Waals surface area contributed by atoms with Crippen LogP contribution in [0.1, 0.15) is 35.0 Å². The van der Waals surface area contributed by atoms with Gasteiger partial charge in [-0.2, -0.15) is 0 Å². The molecule has 0 aliphatic carbocycles. The van der Waals surface area contributed by atoms with Crippen LogP contribution in [0.25, 0.3) is 0 Å². The van der Waals surface area contributed by atoms with Gasteiger partial charge < -0.3 is 19.7 Å². The fourth-order valence-corrected chi connectivity index (χ4v) is 2.80. The molecule has 6 heteroatoms. The number of halogens is 1. The number of nitrogens with zero attached hydrogens (tertiary/aromatic N) is 1. The van der Waals surface area contributed by atoms with Gasteiger partial charge in [0.05, 0.1) is 18.6 Å². The van der Waals surface area contributed by atoms with Crippen molar-refractivity contribution >= 4 is 11.6 Å². The molecule has 0 spiro atoms. The molecule has 1 aliphatic rings. The van der Waals surface area contributed by atoms with Gasteiger partial charge in [0.15, 0.2) is 0 Å². The Balaban J connectivity index is 1.73.